The third-order valence-corrected chi connectivity index (χ3v) is 4.76. The predicted octanol–water partition coefficient (Wildman–Crippen LogP) is 1.82. The monoisotopic (exact) mass is 288 g/mol. The highest BCUT2D eigenvalue weighted by molar-refractivity contribution is 5.80. The number of fused-ring (bicyclic) bond motifs is 1. The Balaban J connectivity index is 1.71. The summed E-state index contributed by atoms with van der Waals surface area (Å²) in [5.41, 5.74) is 7.01. The quantitative estimate of drug-likeness (QED) is 0.903. The van der Waals surface area contributed by atoms with Crippen LogP contribution < -0.4 is 10.5 Å². The molecule has 1 aromatic carbocycles. The number of piperidine rings is 1. The first-order valence-corrected chi connectivity index (χ1v) is 7.90. The molecule has 0 aliphatic carbocycles. The van der Waals surface area contributed by atoms with Crippen molar-refractivity contribution in [2.45, 2.75) is 32.2 Å². The molecule has 21 heavy (non-hydrogen) atoms. The highest BCUT2D eigenvalue weighted by atomic mass is 16.5. The third kappa shape index (κ3) is 2.91. The van der Waals surface area contributed by atoms with Crippen LogP contribution in [0.5, 0.6) is 5.75 Å². The molecule has 1 saturated heterocycles. The lowest BCUT2D eigenvalue weighted by Gasteiger charge is -2.40. The summed E-state index contributed by atoms with van der Waals surface area (Å²) in [7, 11) is 0. The number of hydrogen-bond donors (Lipinski definition) is 1. The molecule has 0 bridgehead atoms. The first-order chi connectivity index (χ1) is 10.2. The molecule has 4 nitrogen and oxygen atoms in total. The van der Waals surface area contributed by atoms with Crippen LogP contribution in [0.1, 0.15) is 25.3 Å². The van der Waals surface area contributed by atoms with E-state index in [-0.39, 0.29) is 17.9 Å². The average Bonchev–Trinajstić information content (AvgIpc) is 2.53. The van der Waals surface area contributed by atoms with E-state index in [0.29, 0.717) is 19.1 Å². The van der Waals surface area contributed by atoms with Crippen LogP contribution in [-0.2, 0) is 11.2 Å². The standard InChI is InChI=1S/C17H24N2O2/c1-12-6-7-19(15(8-12)10-18)17(20)14-9-13-4-2-3-5-16(13)21-11-14/h2-5,12,14-15H,6-11,18H2,1H3. The second kappa shape index (κ2) is 6.06. The molecule has 3 atom stereocenters. The molecule has 1 aromatic rings. The number of rotatable bonds is 2. The Labute approximate surface area is 126 Å². The van der Waals surface area contributed by atoms with Crippen LogP contribution in [0.15, 0.2) is 24.3 Å². The van der Waals surface area contributed by atoms with Crippen LogP contribution in [-0.4, -0.2) is 36.5 Å². The van der Waals surface area contributed by atoms with Crippen molar-refractivity contribution >= 4 is 5.91 Å². The van der Waals surface area contributed by atoms with Crippen LogP contribution in [0, 0.1) is 11.8 Å². The second-order valence-electron chi connectivity index (χ2n) is 6.37. The van der Waals surface area contributed by atoms with E-state index in [4.69, 9.17) is 10.5 Å². The predicted molar refractivity (Wildman–Crippen MR) is 82.1 cm³/mol. The molecule has 2 N–H and O–H groups in total. The van der Waals surface area contributed by atoms with Gasteiger partial charge in [0.1, 0.15) is 12.4 Å². The van der Waals surface area contributed by atoms with E-state index < -0.39 is 0 Å². The normalized spacial score (nSPS) is 28.7. The van der Waals surface area contributed by atoms with Crippen molar-refractivity contribution in [1.82, 2.24) is 4.90 Å². The number of benzene rings is 1. The first-order valence-electron chi connectivity index (χ1n) is 7.90. The fourth-order valence-corrected chi connectivity index (χ4v) is 3.49. The molecule has 0 spiro atoms. The van der Waals surface area contributed by atoms with Crippen LogP contribution >= 0.6 is 0 Å². The van der Waals surface area contributed by atoms with Crippen molar-refractivity contribution in [3.63, 3.8) is 0 Å². The van der Waals surface area contributed by atoms with Gasteiger partial charge in [-0.15, -0.1) is 0 Å². The molecular weight excluding hydrogens is 264 g/mol. The van der Waals surface area contributed by atoms with E-state index in [2.05, 4.69) is 6.92 Å². The Hall–Kier alpha value is -1.55. The van der Waals surface area contributed by atoms with Crippen molar-refractivity contribution in [2.24, 2.45) is 17.6 Å². The first kappa shape index (κ1) is 14.4. The maximum Gasteiger partial charge on any atom is 0.229 e. The Morgan fingerprint density at radius 2 is 2.24 bits per heavy atom. The summed E-state index contributed by atoms with van der Waals surface area (Å²) >= 11 is 0. The largest absolute Gasteiger partial charge is 0.492 e. The van der Waals surface area contributed by atoms with Crippen molar-refractivity contribution in [3.8, 4) is 5.75 Å². The molecule has 1 fully saturated rings. The highest BCUT2D eigenvalue weighted by Crippen LogP contribution is 2.30. The number of amides is 1. The fourth-order valence-electron chi connectivity index (χ4n) is 3.49. The maximum atomic E-state index is 12.8. The molecule has 4 heteroatoms. The van der Waals surface area contributed by atoms with Crippen molar-refractivity contribution in [1.29, 1.82) is 0 Å². The number of carbonyl (C=O) groups excluding carboxylic acids is 1. The zero-order chi connectivity index (χ0) is 14.8. The van der Waals surface area contributed by atoms with E-state index in [1.165, 1.54) is 0 Å². The fraction of sp³-hybridized carbons (Fsp3) is 0.588. The summed E-state index contributed by atoms with van der Waals surface area (Å²) in [5, 5.41) is 0. The third-order valence-electron chi connectivity index (χ3n) is 4.76. The van der Waals surface area contributed by atoms with Gasteiger partial charge in [0.25, 0.3) is 0 Å². The van der Waals surface area contributed by atoms with Gasteiger partial charge in [-0.2, -0.15) is 0 Å². The minimum atomic E-state index is -0.0673. The second-order valence-corrected chi connectivity index (χ2v) is 6.37. The highest BCUT2D eigenvalue weighted by Gasteiger charge is 2.35. The molecule has 0 aromatic heterocycles. The van der Waals surface area contributed by atoms with Crippen LogP contribution in [0.4, 0.5) is 0 Å². The van der Waals surface area contributed by atoms with Crippen molar-refractivity contribution in [2.75, 3.05) is 19.7 Å². The van der Waals surface area contributed by atoms with E-state index in [0.717, 1.165) is 37.1 Å². The van der Waals surface area contributed by atoms with Gasteiger partial charge in [0.15, 0.2) is 0 Å². The zero-order valence-electron chi connectivity index (χ0n) is 12.6. The van der Waals surface area contributed by atoms with Crippen molar-refractivity contribution in [3.05, 3.63) is 29.8 Å². The van der Waals surface area contributed by atoms with Gasteiger partial charge in [-0.1, -0.05) is 25.1 Å². The zero-order valence-corrected chi connectivity index (χ0v) is 12.6. The maximum absolute atomic E-state index is 12.8. The SMILES string of the molecule is CC1CCN(C(=O)C2COc3ccccc3C2)C(CN)C1. The lowest BCUT2D eigenvalue weighted by atomic mass is 9.89. The summed E-state index contributed by atoms with van der Waals surface area (Å²) in [5.74, 6) is 1.73. The molecule has 2 aliphatic rings. The van der Waals surface area contributed by atoms with E-state index >= 15 is 0 Å². The number of para-hydroxylation sites is 1. The summed E-state index contributed by atoms with van der Waals surface area (Å²) in [4.78, 5) is 14.8. The van der Waals surface area contributed by atoms with Gasteiger partial charge in [0.05, 0.1) is 5.92 Å². The van der Waals surface area contributed by atoms with Gasteiger partial charge in [0, 0.05) is 19.1 Å². The van der Waals surface area contributed by atoms with E-state index in [1.54, 1.807) is 0 Å². The van der Waals surface area contributed by atoms with Crippen LogP contribution in [0.2, 0.25) is 0 Å². The number of carbonyl (C=O) groups is 1. The lowest BCUT2D eigenvalue weighted by Crippen LogP contribution is -2.52. The number of nitrogens with zero attached hydrogens (tertiary/aromatic N) is 1. The minimum absolute atomic E-state index is 0.0673. The van der Waals surface area contributed by atoms with E-state index in [1.807, 2.05) is 29.2 Å². The molecule has 3 unspecified atom stereocenters. The number of ether oxygens (including phenoxy) is 1. The van der Waals surface area contributed by atoms with Gasteiger partial charge in [-0.3, -0.25) is 4.79 Å². The Morgan fingerprint density at radius 3 is 3.05 bits per heavy atom. The molecule has 1 amide bonds. The lowest BCUT2D eigenvalue weighted by molar-refractivity contribution is -0.141. The van der Waals surface area contributed by atoms with Gasteiger partial charge in [-0.05, 0) is 36.8 Å². The molecule has 114 valence electrons. The van der Waals surface area contributed by atoms with Crippen molar-refractivity contribution < 1.29 is 9.53 Å². The van der Waals surface area contributed by atoms with Crippen LogP contribution in [0.25, 0.3) is 0 Å². The van der Waals surface area contributed by atoms with Gasteiger partial charge >= 0.3 is 0 Å². The average molecular weight is 288 g/mol. The molecule has 0 radical (unpaired) electrons. The number of hydrogen-bond acceptors (Lipinski definition) is 3. The molecule has 0 saturated carbocycles. The van der Waals surface area contributed by atoms with Gasteiger partial charge in [0.2, 0.25) is 5.91 Å². The van der Waals surface area contributed by atoms with Gasteiger partial charge in [-0.25, -0.2) is 0 Å². The topological polar surface area (TPSA) is 55.6 Å². The summed E-state index contributed by atoms with van der Waals surface area (Å²) < 4.78 is 5.76. The van der Waals surface area contributed by atoms with Crippen LogP contribution in [0.3, 0.4) is 0 Å². The molecule has 3 rings (SSSR count). The summed E-state index contributed by atoms with van der Waals surface area (Å²) in [6.07, 6.45) is 2.87. The molecule has 2 aliphatic heterocycles. The number of likely N-dealkylation sites (tertiary alicyclic amines) is 1. The summed E-state index contributed by atoms with van der Waals surface area (Å²) in [6.45, 7) is 4.11. The smallest absolute Gasteiger partial charge is 0.229 e. The Kier molecular flexibility index (Phi) is 4.15. The number of nitrogens with two attached hydrogens (primary N) is 1. The van der Waals surface area contributed by atoms with E-state index in [9.17, 15) is 4.79 Å². The minimum Gasteiger partial charge on any atom is -0.492 e. The molecule has 2 heterocycles. The molecular formula is C17H24N2O2. The Morgan fingerprint density at radius 1 is 1.43 bits per heavy atom. The Bertz CT molecular complexity index is 517. The van der Waals surface area contributed by atoms with Gasteiger partial charge < -0.3 is 15.4 Å². The summed E-state index contributed by atoms with van der Waals surface area (Å²) in [6, 6.07) is 8.19.